The van der Waals surface area contributed by atoms with Crippen LogP contribution in [0.4, 0.5) is 0 Å². The summed E-state index contributed by atoms with van der Waals surface area (Å²) in [5.41, 5.74) is 9.02. The number of carbonyl (C=O) groups excluding carboxylic acids is 1. The lowest BCUT2D eigenvalue weighted by molar-refractivity contribution is -0.123. The van der Waals surface area contributed by atoms with E-state index in [1.807, 2.05) is 0 Å². The first-order valence-electron chi connectivity index (χ1n) is 5.30. The van der Waals surface area contributed by atoms with Gasteiger partial charge in [-0.05, 0) is 49.6 Å². The van der Waals surface area contributed by atoms with Gasteiger partial charge in [-0.15, -0.1) is 0 Å². The van der Waals surface area contributed by atoms with Gasteiger partial charge < -0.3 is 10.4 Å². The fourth-order valence-corrected chi connectivity index (χ4v) is 2.61. The average molecular weight is 393 g/mol. The first-order chi connectivity index (χ1) is 9.06. The van der Waals surface area contributed by atoms with Crippen LogP contribution in [0.15, 0.2) is 26.2 Å². The first kappa shape index (κ1) is 14.3. The molecule has 0 bridgehead atoms. The van der Waals surface area contributed by atoms with Gasteiger partial charge in [0, 0.05) is 0 Å². The topological polar surface area (TPSA) is 97.8 Å². The average Bonchev–Trinajstić information content (AvgIpc) is 2.36. The normalized spacial score (nSPS) is 19.5. The lowest BCUT2D eigenvalue weighted by atomic mass is 10.2. The summed E-state index contributed by atoms with van der Waals surface area (Å²) < 4.78 is 1.13. The van der Waals surface area contributed by atoms with Crippen LogP contribution >= 0.6 is 31.9 Å². The maximum atomic E-state index is 11.1. The number of phenols is 1. The van der Waals surface area contributed by atoms with Crippen LogP contribution in [0.1, 0.15) is 5.56 Å². The van der Waals surface area contributed by atoms with Crippen molar-refractivity contribution in [2.75, 3.05) is 6.54 Å². The highest BCUT2D eigenvalue weighted by Crippen LogP contribution is 2.32. The molecule has 1 aromatic rings. The Labute approximate surface area is 126 Å². The minimum Gasteiger partial charge on any atom is -0.506 e. The maximum Gasteiger partial charge on any atom is 0.238 e. The van der Waals surface area contributed by atoms with Crippen molar-refractivity contribution >= 4 is 44.0 Å². The van der Waals surface area contributed by atoms with Crippen molar-refractivity contribution in [3.8, 4) is 5.75 Å². The molecule has 1 amide bonds. The van der Waals surface area contributed by atoms with Gasteiger partial charge in [-0.2, -0.15) is 5.10 Å². The van der Waals surface area contributed by atoms with E-state index in [0.717, 1.165) is 5.56 Å². The second kappa shape index (κ2) is 6.33. The highest BCUT2D eigenvalue weighted by molar-refractivity contribution is 9.11. The molecule has 5 N–H and O–H groups in total. The second-order valence-corrected chi connectivity index (χ2v) is 5.43. The van der Waals surface area contributed by atoms with Crippen molar-refractivity contribution < 1.29 is 9.90 Å². The molecule has 1 heterocycles. The van der Waals surface area contributed by atoms with Crippen LogP contribution in [0.3, 0.4) is 0 Å². The molecule has 1 aliphatic rings. The van der Waals surface area contributed by atoms with E-state index in [-0.39, 0.29) is 18.2 Å². The van der Waals surface area contributed by atoms with Crippen LogP contribution in [0.2, 0.25) is 0 Å². The number of halogens is 2. The van der Waals surface area contributed by atoms with Gasteiger partial charge >= 0.3 is 0 Å². The van der Waals surface area contributed by atoms with E-state index in [1.54, 1.807) is 18.3 Å². The van der Waals surface area contributed by atoms with Crippen molar-refractivity contribution in [2.45, 2.75) is 6.29 Å². The highest BCUT2D eigenvalue weighted by atomic mass is 79.9. The number of hydrogen-bond acceptors (Lipinski definition) is 6. The zero-order valence-electron chi connectivity index (χ0n) is 9.58. The Morgan fingerprint density at radius 3 is 2.74 bits per heavy atom. The molecular weight excluding hydrogens is 382 g/mol. The fraction of sp³-hybridized carbons (Fsp3) is 0.200. The number of hydrazone groups is 1. The number of nitrogens with one attached hydrogen (secondary N) is 4. The predicted molar refractivity (Wildman–Crippen MR) is 77.3 cm³/mol. The molecule has 1 atom stereocenters. The number of hydrazine groups is 1. The number of amides is 1. The lowest BCUT2D eigenvalue weighted by Gasteiger charge is -2.24. The first-order valence-corrected chi connectivity index (χ1v) is 6.89. The molecule has 1 saturated heterocycles. The molecule has 1 aromatic carbocycles. The largest absolute Gasteiger partial charge is 0.506 e. The fourth-order valence-electron chi connectivity index (χ4n) is 1.39. The Morgan fingerprint density at radius 1 is 1.42 bits per heavy atom. The third-order valence-electron chi connectivity index (χ3n) is 2.26. The Balaban J connectivity index is 1.97. The predicted octanol–water partition coefficient (Wildman–Crippen LogP) is 0.348. The summed E-state index contributed by atoms with van der Waals surface area (Å²) in [7, 11) is 0. The number of nitrogens with zero attached hydrogens (tertiary/aromatic N) is 1. The third-order valence-corrected chi connectivity index (χ3v) is 3.47. The van der Waals surface area contributed by atoms with Crippen LogP contribution < -0.4 is 21.6 Å². The van der Waals surface area contributed by atoms with Gasteiger partial charge in [-0.3, -0.25) is 10.2 Å². The molecule has 2 rings (SSSR count). The SMILES string of the molecule is O=C1CNNC(N/N=C/c2cc(Br)c(O)c(Br)c2)N1. The van der Waals surface area contributed by atoms with Gasteiger partial charge in [0.25, 0.3) is 0 Å². The van der Waals surface area contributed by atoms with Crippen LogP contribution in [-0.2, 0) is 4.79 Å². The summed E-state index contributed by atoms with van der Waals surface area (Å²) in [6.45, 7) is 0.222. The Bertz CT molecular complexity index is 500. The number of rotatable bonds is 3. The van der Waals surface area contributed by atoms with Crippen LogP contribution in [0, 0.1) is 0 Å². The molecule has 9 heteroatoms. The highest BCUT2D eigenvalue weighted by Gasteiger charge is 2.15. The van der Waals surface area contributed by atoms with Crippen LogP contribution in [0.25, 0.3) is 0 Å². The molecule has 0 saturated carbocycles. The summed E-state index contributed by atoms with van der Waals surface area (Å²) in [6.07, 6.45) is 1.10. The molecule has 0 spiro atoms. The lowest BCUT2D eigenvalue weighted by Crippen LogP contribution is -2.64. The van der Waals surface area contributed by atoms with Crippen molar-refractivity contribution in [1.29, 1.82) is 0 Å². The van der Waals surface area contributed by atoms with Crippen molar-refractivity contribution in [3.05, 3.63) is 26.6 Å². The molecular formula is C10H11Br2N5O2. The number of carbonyl (C=O) groups is 1. The van der Waals surface area contributed by atoms with Crippen molar-refractivity contribution in [3.63, 3.8) is 0 Å². The summed E-state index contributed by atoms with van der Waals surface area (Å²) >= 11 is 6.46. The van der Waals surface area contributed by atoms with E-state index in [9.17, 15) is 9.90 Å². The number of phenolic OH excluding ortho intramolecular Hbond substituents is 1. The molecule has 1 fully saturated rings. The Hall–Kier alpha value is -1.16. The van der Waals surface area contributed by atoms with Gasteiger partial charge in [0.05, 0.1) is 21.7 Å². The zero-order chi connectivity index (χ0) is 13.8. The molecule has 0 aliphatic carbocycles. The molecule has 0 aromatic heterocycles. The molecule has 7 nitrogen and oxygen atoms in total. The number of hydrogen-bond donors (Lipinski definition) is 5. The van der Waals surface area contributed by atoms with E-state index < -0.39 is 6.29 Å². The summed E-state index contributed by atoms with van der Waals surface area (Å²) in [5.74, 6) is 0.0112. The van der Waals surface area contributed by atoms with Gasteiger partial charge in [0.15, 0.2) is 6.29 Å². The number of aromatic hydroxyl groups is 1. The van der Waals surface area contributed by atoms with E-state index in [2.05, 4.69) is 58.6 Å². The third kappa shape index (κ3) is 3.90. The van der Waals surface area contributed by atoms with Gasteiger partial charge in [0.2, 0.25) is 5.91 Å². The van der Waals surface area contributed by atoms with Gasteiger partial charge in [-0.25, -0.2) is 10.9 Å². The summed E-state index contributed by atoms with van der Waals surface area (Å²) in [5, 5.41) is 16.2. The second-order valence-electron chi connectivity index (χ2n) is 3.72. The smallest absolute Gasteiger partial charge is 0.238 e. The Kier molecular flexibility index (Phi) is 4.75. The van der Waals surface area contributed by atoms with Crippen molar-refractivity contribution in [1.82, 2.24) is 21.6 Å². The van der Waals surface area contributed by atoms with Gasteiger partial charge in [0.1, 0.15) is 5.75 Å². The molecule has 102 valence electrons. The zero-order valence-corrected chi connectivity index (χ0v) is 12.7. The van der Waals surface area contributed by atoms with E-state index >= 15 is 0 Å². The standard InChI is InChI=1S/C10H11Br2N5O2/c11-6-1-5(2-7(12)9(6)19)3-13-16-10-15-8(18)4-14-17-10/h1-3,10,14,16-17,19H,4H2,(H,15,18)/b13-3+. The minimum absolute atomic E-state index is 0.124. The van der Waals surface area contributed by atoms with E-state index in [4.69, 9.17) is 0 Å². The van der Waals surface area contributed by atoms with Gasteiger partial charge in [-0.1, -0.05) is 0 Å². The minimum atomic E-state index is -0.471. The molecule has 19 heavy (non-hydrogen) atoms. The van der Waals surface area contributed by atoms with Crippen LogP contribution in [-0.4, -0.2) is 30.1 Å². The monoisotopic (exact) mass is 391 g/mol. The maximum absolute atomic E-state index is 11.1. The van der Waals surface area contributed by atoms with Crippen molar-refractivity contribution in [2.24, 2.45) is 5.10 Å². The summed E-state index contributed by atoms with van der Waals surface area (Å²) in [4.78, 5) is 11.1. The number of benzene rings is 1. The molecule has 1 unspecified atom stereocenters. The Morgan fingerprint density at radius 2 is 2.11 bits per heavy atom. The summed E-state index contributed by atoms with van der Waals surface area (Å²) in [6, 6.07) is 3.44. The van der Waals surface area contributed by atoms with E-state index in [0.29, 0.717) is 8.95 Å². The van der Waals surface area contributed by atoms with E-state index in [1.165, 1.54) is 0 Å². The quantitative estimate of drug-likeness (QED) is 0.377. The molecule has 1 aliphatic heterocycles. The van der Waals surface area contributed by atoms with Crippen LogP contribution in [0.5, 0.6) is 5.75 Å². The molecule has 0 radical (unpaired) electrons.